The van der Waals surface area contributed by atoms with E-state index in [1.807, 2.05) is 30.3 Å². The number of benzene rings is 2. The van der Waals surface area contributed by atoms with E-state index in [1.165, 1.54) is 0 Å². The van der Waals surface area contributed by atoms with Crippen molar-refractivity contribution in [3.8, 4) is 23.3 Å². The Morgan fingerprint density at radius 2 is 1.56 bits per heavy atom. The molecule has 138 valence electrons. The Balaban J connectivity index is 1.61. The lowest BCUT2D eigenvalue weighted by Crippen LogP contribution is -1.99. The summed E-state index contributed by atoms with van der Waals surface area (Å²) in [6.07, 6.45) is 0. The van der Waals surface area contributed by atoms with Crippen LogP contribution in [0.25, 0.3) is 0 Å². The molecule has 0 unspecified atom stereocenters. The van der Waals surface area contributed by atoms with E-state index in [1.54, 1.807) is 38.5 Å². The molecule has 0 atom stereocenters. The quantitative estimate of drug-likeness (QED) is 0.650. The van der Waals surface area contributed by atoms with Crippen LogP contribution in [0.4, 0.5) is 5.88 Å². The van der Waals surface area contributed by atoms with Crippen LogP contribution in [0.5, 0.6) is 17.2 Å². The Bertz CT molecular complexity index is 912. The van der Waals surface area contributed by atoms with Crippen LogP contribution in [-0.2, 0) is 13.2 Å². The van der Waals surface area contributed by atoms with Gasteiger partial charge in [-0.1, -0.05) is 12.1 Å². The van der Waals surface area contributed by atoms with Crippen LogP contribution in [0.15, 0.2) is 52.9 Å². The number of nitrogens with one attached hydrogen (secondary N) is 1. The molecule has 7 nitrogen and oxygen atoms in total. The van der Waals surface area contributed by atoms with Gasteiger partial charge in [0.05, 0.1) is 14.2 Å². The fourth-order valence-corrected chi connectivity index (χ4v) is 2.36. The molecule has 0 aliphatic rings. The number of methoxy groups -OCH3 is 2. The number of rotatable bonds is 8. The highest BCUT2D eigenvalue weighted by Crippen LogP contribution is 2.21. The Labute approximate surface area is 157 Å². The second-order valence-corrected chi connectivity index (χ2v) is 5.56. The number of anilines is 1. The lowest BCUT2D eigenvalue weighted by molar-refractivity contribution is 0.264. The van der Waals surface area contributed by atoms with E-state index >= 15 is 0 Å². The molecule has 0 saturated heterocycles. The van der Waals surface area contributed by atoms with Gasteiger partial charge in [0, 0.05) is 6.54 Å². The summed E-state index contributed by atoms with van der Waals surface area (Å²) in [5.41, 5.74) is 1.21. The summed E-state index contributed by atoms with van der Waals surface area (Å²) in [6.45, 7) is 0.609. The van der Waals surface area contributed by atoms with Crippen LogP contribution in [0.1, 0.15) is 17.1 Å². The van der Waals surface area contributed by atoms with Crippen molar-refractivity contribution < 1.29 is 18.6 Å². The zero-order valence-corrected chi connectivity index (χ0v) is 15.1. The molecule has 0 amide bonds. The minimum absolute atomic E-state index is 0.116. The normalized spacial score (nSPS) is 10.1. The van der Waals surface area contributed by atoms with E-state index in [0.29, 0.717) is 24.1 Å². The van der Waals surface area contributed by atoms with Crippen LogP contribution in [0, 0.1) is 11.3 Å². The average Bonchev–Trinajstić information content (AvgIpc) is 3.13. The molecule has 27 heavy (non-hydrogen) atoms. The van der Waals surface area contributed by atoms with Gasteiger partial charge in [0.15, 0.2) is 6.61 Å². The van der Waals surface area contributed by atoms with Gasteiger partial charge in [0.1, 0.15) is 23.3 Å². The van der Waals surface area contributed by atoms with Crippen LogP contribution in [-0.4, -0.2) is 19.2 Å². The highest BCUT2D eigenvalue weighted by atomic mass is 16.5. The predicted molar refractivity (Wildman–Crippen MR) is 98.9 cm³/mol. The van der Waals surface area contributed by atoms with Gasteiger partial charge in [-0.15, -0.1) is 0 Å². The highest BCUT2D eigenvalue weighted by Gasteiger charge is 2.13. The molecule has 0 saturated carbocycles. The van der Waals surface area contributed by atoms with Gasteiger partial charge in [-0.25, -0.2) is 0 Å². The molecule has 1 N–H and O–H groups in total. The fraction of sp³-hybridized carbons (Fsp3) is 0.200. The molecule has 0 aliphatic carbocycles. The van der Waals surface area contributed by atoms with Gasteiger partial charge in [0.2, 0.25) is 17.5 Å². The van der Waals surface area contributed by atoms with Crippen molar-refractivity contribution in [1.82, 2.24) is 4.98 Å². The number of hydrogen-bond donors (Lipinski definition) is 1. The van der Waals surface area contributed by atoms with E-state index < -0.39 is 0 Å². The van der Waals surface area contributed by atoms with Crippen LogP contribution >= 0.6 is 0 Å². The topological polar surface area (TPSA) is 89.5 Å². The number of aromatic nitrogens is 1. The van der Waals surface area contributed by atoms with Crippen LogP contribution < -0.4 is 19.5 Å². The van der Waals surface area contributed by atoms with Crippen molar-refractivity contribution in [2.45, 2.75) is 13.2 Å². The van der Waals surface area contributed by atoms with Crippen LogP contribution in [0.2, 0.25) is 0 Å². The van der Waals surface area contributed by atoms with Crippen molar-refractivity contribution in [2.75, 3.05) is 19.5 Å². The standard InChI is InChI=1S/C20H19N3O4/c1-24-15-5-3-14(4-6-15)12-22-20-18(11-21)23-19(27-20)13-26-17-9-7-16(25-2)8-10-17/h3-10,22H,12-13H2,1-2H3. The second-order valence-electron chi connectivity index (χ2n) is 5.56. The number of nitrogens with zero attached hydrogens (tertiary/aromatic N) is 2. The van der Waals surface area contributed by atoms with Crippen LogP contribution in [0.3, 0.4) is 0 Å². The molecule has 7 heteroatoms. The van der Waals surface area contributed by atoms with E-state index in [0.717, 1.165) is 17.1 Å². The second kappa shape index (κ2) is 8.63. The van der Waals surface area contributed by atoms with Crippen molar-refractivity contribution in [3.63, 3.8) is 0 Å². The predicted octanol–water partition coefficient (Wildman–Crippen LogP) is 3.75. The van der Waals surface area contributed by atoms with Gasteiger partial charge in [-0.2, -0.15) is 10.2 Å². The number of ether oxygens (including phenoxy) is 3. The summed E-state index contributed by atoms with van der Waals surface area (Å²) in [4.78, 5) is 4.16. The first-order chi connectivity index (χ1) is 13.2. The number of oxazole rings is 1. The van der Waals surface area contributed by atoms with Crippen molar-refractivity contribution in [1.29, 1.82) is 5.26 Å². The summed E-state index contributed by atoms with van der Waals surface area (Å²) >= 11 is 0. The van der Waals surface area contributed by atoms with Crippen molar-refractivity contribution in [3.05, 3.63) is 65.7 Å². The molecular weight excluding hydrogens is 346 g/mol. The summed E-state index contributed by atoms with van der Waals surface area (Å²) in [7, 11) is 3.23. The summed E-state index contributed by atoms with van der Waals surface area (Å²) in [5, 5.41) is 12.3. The number of hydrogen-bond acceptors (Lipinski definition) is 7. The van der Waals surface area contributed by atoms with Crippen molar-refractivity contribution in [2.24, 2.45) is 0 Å². The molecular formula is C20H19N3O4. The molecule has 3 aromatic rings. The van der Waals surface area contributed by atoms with Gasteiger partial charge in [-0.3, -0.25) is 0 Å². The molecule has 1 heterocycles. The van der Waals surface area contributed by atoms with Gasteiger partial charge >= 0.3 is 0 Å². The summed E-state index contributed by atoms with van der Waals surface area (Å²) in [6, 6.07) is 16.8. The third-order valence-corrected chi connectivity index (χ3v) is 3.81. The monoisotopic (exact) mass is 365 g/mol. The van der Waals surface area contributed by atoms with E-state index in [2.05, 4.69) is 10.3 Å². The lowest BCUT2D eigenvalue weighted by atomic mass is 10.2. The maximum absolute atomic E-state index is 9.26. The zero-order chi connectivity index (χ0) is 19.1. The molecule has 2 aromatic carbocycles. The molecule has 0 spiro atoms. The SMILES string of the molecule is COc1ccc(CNc2oc(COc3ccc(OC)cc3)nc2C#N)cc1. The molecule has 0 fully saturated rings. The van der Waals surface area contributed by atoms with Gasteiger partial charge in [-0.05, 0) is 42.0 Å². The minimum atomic E-state index is 0.116. The average molecular weight is 365 g/mol. The smallest absolute Gasteiger partial charge is 0.236 e. The first-order valence-corrected chi connectivity index (χ1v) is 8.25. The third-order valence-electron chi connectivity index (χ3n) is 3.81. The summed E-state index contributed by atoms with van der Waals surface area (Å²) in [5.74, 6) is 2.82. The third kappa shape index (κ3) is 4.70. The zero-order valence-electron chi connectivity index (χ0n) is 15.1. The Morgan fingerprint density at radius 3 is 2.15 bits per heavy atom. The first kappa shape index (κ1) is 18.1. The Kier molecular flexibility index (Phi) is 5.80. The van der Waals surface area contributed by atoms with Gasteiger partial charge in [0.25, 0.3) is 0 Å². The van der Waals surface area contributed by atoms with Crippen molar-refractivity contribution >= 4 is 5.88 Å². The largest absolute Gasteiger partial charge is 0.497 e. The Hall–Kier alpha value is -3.66. The fourth-order valence-electron chi connectivity index (χ4n) is 2.36. The minimum Gasteiger partial charge on any atom is -0.497 e. The molecule has 0 radical (unpaired) electrons. The Morgan fingerprint density at radius 1 is 0.963 bits per heavy atom. The summed E-state index contributed by atoms with van der Waals surface area (Å²) < 4.78 is 21.5. The first-order valence-electron chi connectivity index (χ1n) is 8.25. The number of nitriles is 1. The molecule has 0 aliphatic heterocycles. The highest BCUT2D eigenvalue weighted by molar-refractivity contribution is 5.46. The van der Waals surface area contributed by atoms with Gasteiger partial charge < -0.3 is 23.9 Å². The van der Waals surface area contributed by atoms with E-state index in [9.17, 15) is 5.26 Å². The molecule has 3 rings (SSSR count). The van der Waals surface area contributed by atoms with E-state index in [4.69, 9.17) is 18.6 Å². The molecule has 1 aromatic heterocycles. The maximum Gasteiger partial charge on any atom is 0.236 e. The maximum atomic E-state index is 9.26. The van der Waals surface area contributed by atoms with E-state index in [-0.39, 0.29) is 12.3 Å². The lowest BCUT2D eigenvalue weighted by Gasteiger charge is -2.05. The molecule has 0 bridgehead atoms.